The van der Waals surface area contributed by atoms with Crippen LogP contribution < -0.4 is 62.0 Å². The Labute approximate surface area is 180 Å². The average Bonchev–Trinajstić information content (AvgIpc) is 2.32. The molecule has 2 rings (SSSR count). The minimum atomic E-state index is -0.311. The topological polar surface area (TPSA) is 56.0 Å². The first-order valence-corrected chi connectivity index (χ1v) is 5.52. The van der Waals surface area contributed by atoms with Crippen LogP contribution in [0.1, 0.15) is 26.2 Å². The van der Waals surface area contributed by atoms with Gasteiger partial charge in [-0.15, -0.1) is 6.42 Å². The minimum absolute atomic E-state index is 0. The van der Waals surface area contributed by atoms with Gasteiger partial charge in [0.15, 0.2) is 6.04 Å². The summed E-state index contributed by atoms with van der Waals surface area (Å²) in [4.78, 5) is 14.0. The van der Waals surface area contributed by atoms with Crippen molar-refractivity contribution in [1.29, 1.82) is 0 Å². The summed E-state index contributed by atoms with van der Waals surface area (Å²) in [6.07, 6.45) is 8.21. The molecule has 0 spiro atoms. The molecule has 22 heavy (non-hydrogen) atoms. The zero-order chi connectivity index (χ0) is 11.8. The molecule has 0 bridgehead atoms. The molecular formula is C12H17Cl5N2O2Sb-. The Morgan fingerprint density at radius 1 is 1.09 bits per heavy atom. The summed E-state index contributed by atoms with van der Waals surface area (Å²) < 4.78 is 0. The van der Waals surface area contributed by atoms with Gasteiger partial charge in [-0.05, 0) is 12.1 Å². The van der Waals surface area contributed by atoms with E-state index in [9.17, 15) is 10.1 Å². The molecule has 2 unspecified atom stereocenters. The number of nitro groups is 1. The summed E-state index contributed by atoms with van der Waals surface area (Å²) in [5, 5.41) is 10.4. The predicted molar refractivity (Wildman–Crippen MR) is 68.1 cm³/mol. The van der Waals surface area contributed by atoms with Crippen LogP contribution in [-0.4, -0.2) is 40.4 Å². The SMILES string of the molecule is CC1CC[CH-]CC1[N+](=O)[O-].[Cl-].[Cl-].[Cl-].[Cl-].[Cl-].[Sb+5].c1ccncc1. The Hall–Kier alpha value is 0.818. The predicted octanol–water partition coefficient (Wildman–Crippen LogP) is -12.6. The fourth-order valence-corrected chi connectivity index (χ4v) is 1.70. The minimum Gasteiger partial charge on any atom is -1.00 e. The van der Waals surface area contributed by atoms with Crippen LogP contribution in [0.3, 0.4) is 0 Å². The fourth-order valence-electron chi connectivity index (χ4n) is 1.70. The monoisotopic (exact) mass is 517 g/mol. The van der Waals surface area contributed by atoms with Crippen LogP contribution >= 0.6 is 0 Å². The van der Waals surface area contributed by atoms with Crippen LogP contribution in [0.5, 0.6) is 0 Å². The van der Waals surface area contributed by atoms with E-state index in [2.05, 4.69) is 4.98 Å². The smallest absolute Gasteiger partial charge is 1.00 e. The molecule has 0 amide bonds. The Morgan fingerprint density at radius 2 is 1.59 bits per heavy atom. The number of hydrogen-bond acceptors (Lipinski definition) is 3. The third-order valence-electron chi connectivity index (χ3n) is 2.73. The fraction of sp³-hybridized carbons (Fsp3) is 0.500. The number of pyridine rings is 1. The van der Waals surface area contributed by atoms with E-state index in [4.69, 9.17) is 0 Å². The molecule has 1 aromatic rings. The van der Waals surface area contributed by atoms with Crippen molar-refractivity contribution in [2.45, 2.75) is 32.2 Å². The molecule has 1 fully saturated rings. The van der Waals surface area contributed by atoms with Crippen LogP contribution in [0.2, 0.25) is 0 Å². The van der Waals surface area contributed by atoms with Crippen molar-refractivity contribution in [3.63, 3.8) is 0 Å². The number of nitrogens with zero attached hydrogens (tertiary/aromatic N) is 2. The standard InChI is InChI=1S/C7H12NO2.C5H5N.5ClH.Sb/c1-6-4-2-3-5-7(6)8(9)10;1-2-4-6-5-3-1;;;;;;/h3,6-7H,2,4-5H2,1H3;1-5H;5*1H;/q-1;;;;;;;+5/p-5. The molecule has 1 heterocycles. The molecule has 0 radical (unpaired) electrons. The molecule has 0 aromatic carbocycles. The third kappa shape index (κ3) is 17.2. The molecule has 128 valence electrons. The normalized spacial score (nSPS) is 17.5. The summed E-state index contributed by atoms with van der Waals surface area (Å²) in [6.45, 7) is 1.96. The van der Waals surface area contributed by atoms with Crippen LogP contribution in [0, 0.1) is 22.5 Å². The van der Waals surface area contributed by atoms with Gasteiger partial charge < -0.3 is 68.5 Å². The van der Waals surface area contributed by atoms with E-state index in [1.165, 1.54) is 0 Å². The maximum atomic E-state index is 10.4. The van der Waals surface area contributed by atoms with Gasteiger partial charge in [0.2, 0.25) is 0 Å². The maximum Gasteiger partial charge on any atom is 5.00 e. The van der Waals surface area contributed by atoms with Gasteiger partial charge in [-0.2, -0.15) is 6.42 Å². The molecule has 1 aliphatic carbocycles. The van der Waals surface area contributed by atoms with Crippen LogP contribution in [-0.2, 0) is 0 Å². The van der Waals surface area contributed by atoms with Crippen LogP contribution in [0.15, 0.2) is 30.6 Å². The van der Waals surface area contributed by atoms with Gasteiger partial charge >= 0.3 is 24.4 Å². The molecular weight excluding hydrogens is 503 g/mol. The second-order valence-corrected chi connectivity index (χ2v) is 3.96. The molecule has 0 N–H and O–H groups in total. The van der Waals surface area contributed by atoms with Gasteiger partial charge in [-0.25, -0.2) is 0 Å². The number of halogens is 5. The van der Waals surface area contributed by atoms with Gasteiger partial charge in [0.05, 0.1) is 0 Å². The molecule has 0 aliphatic heterocycles. The molecule has 0 saturated heterocycles. The largest absolute Gasteiger partial charge is 5.00 e. The Balaban J connectivity index is -0.0000000483. The second kappa shape index (κ2) is 24.1. The van der Waals surface area contributed by atoms with Crippen molar-refractivity contribution < 1.29 is 67.0 Å². The van der Waals surface area contributed by atoms with Gasteiger partial charge in [0.1, 0.15) is 0 Å². The maximum absolute atomic E-state index is 10.4. The van der Waals surface area contributed by atoms with Gasteiger partial charge in [0, 0.05) is 23.2 Å². The van der Waals surface area contributed by atoms with E-state index in [0.29, 0.717) is 6.42 Å². The molecule has 1 aromatic heterocycles. The summed E-state index contributed by atoms with van der Waals surface area (Å²) in [5.74, 6) is 0.264. The summed E-state index contributed by atoms with van der Waals surface area (Å²) >= 11 is 0. The first-order chi connectivity index (χ1) is 7.72. The molecule has 10 heteroatoms. The number of aromatic nitrogens is 1. The van der Waals surface area contributed by atoms with E-state index in [0.717, 1.165) is 12.8 Å². The van der Waals surface area contributed by atoms with Crippen molar-refractivity contribution in [3.05, 3.63) is 47.1 Å². The first-order valence-electron chi connectivity index (χ1n) is 5.52. The van der Waals surface area contributed by atoms with Crippen molar-refractivity contribution in [3.8, 4) is 0 Å². The first kappa shape index (κ1) is 38.4. The van der Waals surface area contributed by atoms with Crippen molar-refractivity contribution in [1.82, 2.24) is 4.98 Å². The molecule has 2 atom stereocenters. The van der Waals surface area contributed by atoms with E-state index < -0.39 is 0 Å². The van der Waals surface area contributed by atoms with E-state index in [-0.39, 0.29) is 103 Å². The summed E-state index contributed by atoms with van der Waals surface area (Å²) in [7, 11) is 0. The quantitative estimate of drug-likeness (QED) is 0.160. The average molecular weight is 520 g/mol. The second-order valence-electron chi connectivity index (χ2n) is 3.96. The van der Waals surface area contributed by atoms with Gasteiger partial charge in [-0.3, -0.25) is 15.1 Å². The van der Waals surface area contributed by atoms with E-state index in [1.807, 2.05) is 31.5 Å². The number of hydrogen-bond donors (Lipinski definition) is 0. The van der Waals surface area contributed by atoms with Crippen molar-refractivity contribution >= 4 is 24.4 Å². The molecule has 4 nitrogen and oxygen atoms in total. The molecule has 1 aliphatic rings. The van der Waals surface area contributed by atoms with Crippen molar-refractivity contribution in [2.24, 2.45) is 5.92 Å². The zero-order valence-electron chi connectivity index (χ0n) is 11.8. The summed E-state index contributed by atoms with van der Waals surface area (Å²) in [5.41, 5.74) is 0. The van der Waals surface area contributed by atoms with Crippen LogP contribution in [0.25, 0.3) is 0 Å². The Morgan fingerprint density at radius 3 is 1.82 bits per heavy atom. The number of rotatable bonds is 1. The Kier molecular flexibility index (Phi) is 42.0. The molecule has 1 saturated carbocycles. The third-order valence-corrected chi connectivity index (χ3v) is 2.73. The van der Waals surface area contributed by atoms with Gasteiger partial charge in [0.25, 0.3) is 0 Å². The van der Waals surface area contributed by atoms with Crippen molar-refractivity contribution in [2.75, 3.05) is 0 Å². The Bertz CT molecular complexity index is 299. The zero-order valence-corrected chi connectivity index (χ0v) is 18.1. The van der Waals surface area contributed by atoms with Gasteiger partial charge in [-0.1, -0.05) is 19.4 Å². The summed E-state index contributed by atoms with van der Waals surface area (Å²) in [6, 6.07) is 5.40. The van der Waals surface area contributed by atoms with E-state index in [1.54, 1.807) is 12.4 Å². The van der Waals surface area contributed by atoms with Crippen LogP contribution in [0.4, 0.5) is 0 Å². The van der Waals surface area contributed by atoms with E-state index >= 15 is 0 Å².